The Kier molecular flexibility index (Phi) is 4.62. The fourth-order valence-electron chi connectivity index (χ4n) is 1.14. The van der Waals surface area contributed by atoms with Crippen LogP contribution >= 0.6 is 0 Å². The number of hydrogen-bond donors (Lipinski definition) is 2. The topological polar surface area (TPSA) is 80.4 Å². The fraction of sp³-hybridized carbons (Fsp3) is 0.778. The Hall–Kier alpha value is -0.900. The maximum atomic E-state index is 11.3. The molecule has 3 N–H and O–H groups in total. The lowest BCUT2D eigenvalue weighted by Gasteiger charge is -2.22. The first-order chi connectivity index (χ1) is 5.99. The van der Waals surface area contributed by atoms with E-state index in [1.165, 1.54) is 0 Å². The summed E-state index contributed by atoms with van der Waals surface area (Å²) in [5, 5.41) is 8.81. The van der Waals surface area contributed by atoms with Crippen molar-refractivity contribution in [2.24, 2.45) is 5.73 Å². The van der Waals surface area contributed by atoms with Gasteiger partial charge in [-0.25, -0.2) is 4.79 Å². The molecule has 4 nitrogen and oxygen atoms in total. The Morgan fingerprint density at radius 2 is 1.92 bits per heavy atom. The highest BCUT2D eigenvalue weighted by Crippen LogP contribution is 2.14. The van der Waals surface area contributed by atoms with E-state index in [2.05, 4.69) is 0 Å². The first-order valence-electron chi connectivity index (χ1n) is 4.54. The van der Waals surface area contributed by atoms with Gasteiger partial charge in [-0.05, 0) is 6.42 Å². The monoisotopic (exact) mass is 187 g/mol. The summed E-state index contributed by atoms with van der Waals surface area (Å²) in [6, 6.07) is 0. The number of carboxylic acids is 1. The molecule has 0 fully saturated rings. The second kappa shape index (κ2) is 4.97. The summed E-state index contributed by atoms with van der Waals surface area (Å²) in [6.07, 6.45) is 1.90. The van der Waals surface area contributed by atoms with Crippen LogP contribution in [0.1, 0.15) is 39.5 Å². The van der Waals surface area contributed by atoms with Crippen molar-refractivity contribution >= 4 is 11.8 Å². The van der Waals surface area contributed by atoms with Crippen LogP contribution in [0.3, 0.4) is 0 Å². The average Bonchev–Trinajstić information content (AvgIpc) is 2.12. The van der Waals surface area contributed by atoms with E-state index in [1.807, 2.05) is 6.92 Å². The number of rotatable bonds is 6. The molecule has 0 saturated heterocycles. The second-order valence-electron chi connectivity index (χ2n) is 3.16. The summed E-state index contributed by atoms with van der Waals surface area (Å²) in [4.78, 5) is 22.1. The van der Waals surface area contributed by atoms with E-state index >= 15 is 0 Å². The molecular weight excluding hydrogens is 170 g/mol. The van der Waals surface area contributed by atoms with Crippen LogP contribution in [0.4, 0.5) is 0 Å². The second-order valence-corrected chi connectivity index (χ2v) is 3.16. The summed E-state index contributed by atoms with van der Waals surface area (Å²) < 4.78 is 0. The summed E-state index contributed by atoms with van der Waals surface area (Å²) in [7, 11) is 0. The third kappa shape index (κ3) is 2.81. The van der Waals surface area contributed by atoms with Crippen LogP contribution in [0.2, 0.25) is 0 Å². The number of nitrogens with two attached hydrogens (primary N) is 1. The van der Waals surface area contributed by atoms with Crippen LogP contribution in [0.25, 0.3) is 0 Å². The van der Waals surface area contributed by atoms with Crippen molar-refractivity contribution in [1.29, 1.82) is 0 Å². The molecule has 0 saturated carbocycles. The molecule has 0 amide bonds. The zero-order chi connectivity index (χ0) is 10.5. The lowest BCUT2D eigenvalue weighted by Crippen LogP contribution is -2.54. The van der Waals surface area contributed by atoms with Crippen LogP contribution in [0.5, 0.6) is 0 Å². The SMILES string of the molecule is CCCCC(N)(C(=O)O)C(=O)CC. The first-order valence-corrected chi connectivity index (χ1v) is 4.54. The third-order valence-electron chi connectivity index (χ3n) is 2.12. The molecule has 0 bridgehead atoms. The van der Waals surface area contributed by atoms with Gasteiger partial charge in [0.15, 0.2) is 11.3 Å². The Morgan fingerprint density at radius 3 is 2.23 bits per heavy atom. The lowest BCUT2D eigenvalue weighted by atomic mass is 9.88. The van der Waals surface area contributed by atoms with Crippen molar-refractivity contribution in [2.75, 3.05) is 0 Å². The average molecular weight is 187 g/mol. The quantitative estimate of drug-likeness (QED) is 0.606. The summed E-state index contributed by atoms with van der Waals surface area (Å²) >= 11 is 0. The molecule has 76 valence electrons. The van der Waals surface area contributed by atoms with E-state index in [-0.39, 0.29) is 12.8 Å². The van der Waals surface area contributed by atoms with Crippen LogP contribution < -0.4 is 5.73 Å². The highest BCUT2D eigenvalue weighted by molar-refractivity contribution is 6.07. The van der Waals surface area contributed by atoms with Crippen molar-refractivity contribution < 1.29 is 14.7 Å². The van der Waals surface area contributed by atoms with Gasteiger partial charge in [-0.2, -0.15) is 0 Å². The van der Waals surface area contributed by atoms with E-state index < -0.39 is 17.3 Å². The van der Waals surface area contributed by atoms with Gasteiger partial charge in [-0.3, -0.25) is 4.79 Å². The van der Waals surface area contributed by atoms with Gasteiger partial charge in [-0.1, -0.05) is 26.7 Å². The maximum Gasteiger partial charge on any atom is 0.331 e. The molecule has 0 spiro atoms. The van der Waals surface area contributed by atoms with Crippen LogP contribution in [0.15, 0.2) is 0 Å². The number of ketones is 1. The molecule has 1 unspecified atom stereocenters. The first kappa shape index (κ1) is 12.1. The molecule has 0 aliphatic heterocycles. The molecule has 0 aliphatic rings. The minimum atomic E-state index is -1.66. The number of carboxylic acid groups (broad SMARTS) is 1. The van der Waals surface area contributed by atoms with E-state index in [9.17, 15) is 9.59 Å². The van der Waals surface area contributed by atoms with Gasteiger partial charge in [0.1, 0.15) is 0 Å². The van der Waals surface area contributed by atoms with Crippen molar-refractivity contribution in [3.05, 3.63) is 0 Å². The number of unbranched alkanes of at least 4 members (excludes halogenated alkanes) is 1. The minimum Gasteiger partial charge on any atom is -0.480 e. The predicted octanol–water partition coefficient (Wildman–Crippen LogP) is 0.938. The molecule has 13 heavy (non-hydrogen) atoms. The number of Topliss-reactive ketones (excluding diaryl/α,β-unsaturated/α-hetero) is 1. The Balaban J connectivity index is 4.52. The smallest absolute Gasteiger partial charge is 0.331 e. The number of carbonyl (C=O) groups excluding carboxylic acids is 1. The van der Waals surface area contributed by atoms with Gasteiger partial charge in [-0.15, -0.1) is 0 Å². The van der Waals surface area contributed by atoms with Crippen LogP contribution in [-0.2, 0) is 9.59 Å². The van der Waals surface area contributed by atoms with Gasteiger partial charge in [0, 0.05) is 6.42 Å². The Morgan fingerprint density at radius 1 is 1.38 bits per heavy atom. The van der Waals surface area contributed by atoms with Gasteiger partial charge in [0.25, 0.3) is 0 Å². The largest absolute Gasteiger partial charge is 0.480 e. The van der Waals surface area contributed by atoms with E-state index in [4.69, 9.17) is 10.8 Å². The summed E-state index contributed by atoms with van der Waals surface area (Å²) in [5.74, 6) is -1.61. The minimum absolute atomic E-state index is 0.173. The van der Waals surface area contributed by atoms with Crippen LogP contribution in [0, 0.1) is 0 Å². The predicted molar refractivity (Wildman–Crippen MR) is 49.4 cm³/mol. The Bertz CT molecular complexity index is 203. The molecule has 4 heteroatoms. The van der Waals surface area contributed by atoms with Crippen molar-refractivity contribution in [2.45, 2.75) is 45.1 Å². The van der Waals surface area contributed by atoms with Crippen molar-refractivity contribution in [1.82, 2.24) is 0 Å². The molecule has 0 aromatic carbocycles. The fourth-order valence-corrected chi connectivity index (χ4v) is 1.14. The van der Waals surface area contributed by atoms with Gasteiger partial charge < -0.3 is 10.8 Å². The van der Waals surface area contributed by atoms with Gasteiger partial charge >= 0.3 is 5.97 Å². The molecule has 0 rings (SSSR count). The zero-order valence-corrected chi connectivity index (χ0v) is 8.17. The van der Waals surface area contributed by atoms with E-state index in [1.54, 1.807) is 6.92 Å². The standard InChI is InChI=1S/C9H17NO3/c1-3-5-6-9(10,8(12)13)7(11)4-2/h3-6,10H2,1-2H3,(H,12,13). The van der Waals surface area contributed by atoms with Crippen LogP contribution in [-0.4, -0.2) is 22.4 Å². The molecular formula is C9H17NO3. The third-order valence-corrected chi connectivity index (χ3v) is 2.12. The summed E-state index contributed by atoms with van der Waals surface area (Å²) in [6.45, 7) is 3.55. The molecule has 0 aromatic heterocycles. The van der Waals surface area contributed by atoms with Crippen molar-refractivity contribution in [3.8, 4) is 0 Å². The Labute approximate surface area is 78.1 Å². The molecule has 0 aromatic rings. The molecule has 0 aliphatic carbocycles. The molecule has 0 heterocycles. The lowest BCUT2D eigenvalue weighted by molar-refractivity contribution is -0.148. The molecule has 0 radical (unpaired) electrons. The normalized spacial score (nSPS) is 15.0. The number of aliphatic carboxylic acids is 1. The molecule has 1 atom stereocenters. The number of hydrogen-bond acceptors (Lipinski definition) is 3. The summed E-state index contributed by atoms with van der Waals surface area (Å²) in [5.41, 5.74) is 3.87. The highest BCUT2D eigenvalue weighted by Gasteiger charge is 2.39. The van der Waals surface area contributed by atoms with Crippen molar-refractivity contribution in [3.63, 3.8) is 0 Å². The highest BCUT2D eigenvalue weighted by atomic mass is 16.4. The zero-order valence-electron chi connectivity index (χ0n) is 8.17. The van der Waals surface area contributed by atoms with E-state index in [0.717, 1.165) is 6.42 Å². The van der Waals surface area contributed by atoms with Gasteiger partial charge in [0.2, 0.25) is 0 Å². The number of carbonyl (C=O) groups is 2. The van der Waals surface area contributed by atoms with Gasteiger partial charge in [0.05, 0.1) is 0 Å². The van der Waals surface area contributed by atoms with E-state index in [0.29, 0.717) is 6.42 Å². The maximum absolute atomic E-state index is 11.3.